The average Bonchev–Trinajstić information content (AvgIpc) is 0.809. The molecule has 0 amide bonds. The Morgan fingerprint density at radius 1 is 0.326 bits per heavy atom. The summed E-state index contributed by atoms with van der Waals surface area (Å²) in [5, 5.41) is 16.4. The van der Waals surface area contributed by atoms with Crippen molar-refractivity contribution in [3.05, 3.63) is 136 Å². The number of halogens is 8. The molecular formula is C60H100Br4F4N4O12S4Si4. The van der Waals surface area contributed by atoms with Gasteiger partial charge in [0.2, 0.25) is 40.1 Å². The largest absolute Gasteiger partial charge is 0.408 e. The molecule has 32 heteroatoms. The van der Waals surface area contributed by atoms with Gasteiger partial charge in [-0.15, -0.1) is 0 Å². The van der Waals surface area contributed by atoms with Crippen molar-refractivity contribution in [1.82, 2.24) is 0 Å². The second kappa shape index (κ2) is 32.9. The zero-order valence-corrected chi connectivity index (χ0v) is 71.0. The van der Waals surface area contributed by atoms with Gasteiger partial charge in [-0.2, -0.15) is 0 Å². The molecule has 528 valence electrons. The summed E-state index contributed by atoms with van der Waals surface area (Å²) in [6, 6.07) is 18.0. The highest BCUT2D eigenvalue weighted by Gasteiger charge is 2.47. The van der Waals surface area contributed by atoms with Crippen LogP contribution in [0.1, 0.15) is 157 Å². The van der Waals surface area contributed by atoms with Crippen LogP contribution in [0.3, 0.4) is 0 Å². The van der Waals surface area contributed by atoms with Gasteiger partial charge < -0.3 is 17.7 Å². The lowest BCUT2D eigenvalue weighted by Gasteiger charge is -2.40. The predicted molar refractivity (Wildman–Crippen MR) is 391 cm³/mol. The molecule has 0 unspecified atom stereocenters. The van der Waals surface area contributed by atoms with Crippen molar-refractivity contribution >= 4 is 137 Å². The van der Waals surface area contributed by atoms with Crippen LogP contribution in [0.4, 0.5) is 17.6 Å². The highest BCUT2D eigenvalue weighted by Crippen LogP contribution is 2.46. The van der Waals surface area contributed by atoms with Gasteiger partial charge in [0.1, 0.15) is 44.3 Å². The molecule has 0 fully saturated rings. The summed E-state index contributed by atoms with van der Waals surface area (Å²) in [6.07, 6.45) is -3.78. The van der Waals surface area contributed by atoms with E-state index >= 15 is 0 Å². The molecule has 0 bridgehead atoms. The molecule has 4 aromatic carbocycles. The minimum absolute atomic E-state index is 0.144. The van der Waals surface area contributed by atoms with Gasteiger partial charge in [0.05, 0.1) is 24.4 Å². The van der Waals surface area contributed by atoms with Crippen molar-refractivity contribution in [2.75, 3.05) is 0 Å². The molecule has 16 nitrogen and oxygen atoms in total. The molecule has 8 atom stereocenters. The van der Waals surface area contributed by atoms with E-state index in [1.54, 1.807) is 48.5 Å². The number of nitrogens with two attached hydrogens (primary N) is 4. The summed E-state index contributed by atoms with van der Waals surface area (Å²) in [4.78, 5) is 0. The van der Waals surface area contributed by atoms with Gasteiger partial charge in [0.15, 0.2) is 33.3 Å². The Morgan fingerprint density at radius 2 is 0.457 bits per heavy atom. The van der Waals surface area contributed by atoms with Gasteiger partial charge in [-0.3, -0.25) is 0 Å². The Kier molecular flexibility index (Phi) is 31.8. The SMILES string of the molecule is C[C@@H]([C@@H](O[Si](C)(C)C(C)(C)C)c1ccc(Br)cc1F)S(N)(=O)=O.C[C@@H]([C@H](O[Si](C)(C)C(C)(C)C)c1ccc(Br)cc1F)S(N)(=O)=O.C[C@H]([C@@H](O[Si](C)(C)C(C)(C)C)c1ccc(Br)cc1F)S(N)(=O)=O.C[C@H]([C@H](O[Si](C)(C)C(C)(C)C)c1ccc(Br)cc1F)S(N)(=O)=O. The molecule has 0 spiro atoms. The van der Waals surface area contributed by atoms with Crippen LogP contribution in [-0.4, -0.2) is 87.9 Å². The maximum absolute atomic E-state index is 14.4. The molecule has 0 saturated heterocycles. The zero-order valence-electron chi connectivity index (χ0n) is 57.4. The summed E-state index contributed by atoms with van der Waals surface area (Å²) in [5.41, 5.74) is 0.832. The average molecular weight is 1710 g/mol. The molecule has 0 aliphatic carbocycles. The Balaban J connectivity index is 0.000000613. The number of benzene rings is 4. The van der Waals surface area contributed by atoms with E-state index in [0.717, 1.165) is 0 Å². The standard InChI is InChI=1S/4C15H25BrFNO3SSi/c4*1-10(22(18,19)20)14(21-23(5,6)15(2,3)4)12-8-7-11(16)9-13(12)17/h4*7-10,14H,1-6H3,(H2,18,19,20)/t2*10-,14+;2*10-,14-/m1010/s1. The zero-order chi connectivity index (χ0) is 72.9. The van der Waals surface area contributed by atoms with Crippen molar-refractivity contribution in [3.63, 3.8) is 0 Å². The van der Waals surface area contributed by atoms with E-state index in [1.807, 2.05) is 135 Å². The highest BCUT2D eigenvalue weighted by atomic mass is 79.9. The van der Waals surface area contributed by atoms with Crippen molar-refractivity contribution in [2.45, 2.75) is 229 Å². The molecule has 0 heterocycles. The second-order valence-corrected chi connectivity index (χ2v) is 59.4. The first kappa shape index (κ1) is 88.9. The predicted octanol–water partition coefficient (Wildman–Crippen LogP) is 17.3. The van der Waals surface area contributed by atoms with E-state index in [0.29, 0.717) is 17.9 Å². The number of primary sulfonamides is 4. The van der Waals surface area contributed by atoms with E-state index in [2.05, 4.69) is 63.7 Å². The molecule has 0 saturated carbocycles. The van der Waals surface area contributed by atoms with E-state index in [1.165, 1.54) is 52.0 Å². The van der Waals surface area contributed by atoms with Crippen LogP contribution in [0.25, 0.3) is 0 Å². The summed E-state index contributed by atoms with van der Waals surface area (Å²) >= 11 is 12.8. The number of rotatable bonds is 20. The van der Waals surface area contributed by atoms with Crippen LogP contribution < -0.4 is 20.6 Å². The lowest BCUT2D eigenvalue weighted by molar-refractivity contribution is 0.176. The maximum Gasteiger partial charge on any atom is 0.214 e. The molecule has 0 aliphatic rings. The van der Waals surface area contributed by atoms with E-state index in [4.69, 9.17) is 38.3 Å². The molecule has 92 heavy (non-hydrogen) atoms. The van der Waals surface area contributed by atoms with Crippen molar-refractivity contribution < 1.29 is 68.9 Å². The van der Waals surface area contributed by atoms with Crippen molar-refractivity contribution in [2.24, 2.45) is 20.6 Å². The molecule has 4 aromatic rings. The smallest absolute Gasteiger partial charge is 0.214 e. The normalized spacial score (nSPS) is 16.2. The fourth-order valence-corrected chi connectivity index (χ4v) is 16.4. The van der Waals surface area contributed by atoms with Gasteiger partial charge >= 0.3 is 0 Å². The number of sulfonamides is 4. The third kappa shape index (κ3) is 25.9. The summed E-state index contributed by atoms with van der Waals surface area (Å²) in [7, 11) is -24.8. The molecule has 4 rings (SSSR count). The van der Waals surface area contributed by atoms with Crippen LogP contribution in [0, 0.1) is 23.3 Å². The molecular weight excluding hydrogens is 1600 g/mol. The second-order valence-electron chi connectivity index (χ2n) is 29.0. The van der Waals surface area contributed by atoms with Crippen LogP contribution in [-0.2, 0) is 57.8 Å². The summed E-state index contributed by atoms with van der Waals surface area (Å²) in [6.45, 7) is 46.2. The fourth-order valence-electron chi connectivity index (χ4n) is 7.24. The van der Waals surface area contributed by atoms with Crippen molar-refractivity contribution in [3.8, 4) is 0 Å². The van der Waals surface area contributed by atoms with Gasteiger partial charge in [0.25, 0.3) is 0 Å². The lowest BCUT2D eigenvalue weighted by Crippen LogP contribution is -2.45. The minimum atomic E-state index is -3.88. The molecule has 0 aromatic heterocycles. The Hall–Kier alpha value is -1.13. The van der Waals surface area contributed by atoms with Crippen LogP contribution in [0.2, 0.25) is 72.5 Å². The Labute approximate surface area is 586 Å². The van der Waals surface area contributed by atoms with Gasteiger partial charge in [0, 0.05) is 40.1 Å². The van der Waals surface area contributed by atoms with Crippen molar-refractivity contribution in [1.29, 1.82) is 0 Å². The first-order chi connectivity index (χ1) is 40.7. The third-order valence-corrected chi connectivity index (χ3v) is 42.7. The number of hydrogen-bond donors (Lipinski definition) is 4. The maximum atomic E-state index is 14.4. The lowest BCUT2D eigenvalue weighted by atomic mass is 10.1. The van der Waals surface area contributed by atoms with E-state index < -0.39 is 142 Å². The van der Waals surface area contributed by atoms with E-state index in [9.17, 15) is 51.2 Å². The van der Waals surface area contributed by atoms with Crippen LogP contribution in [0.5, 0.6) is 0 Å². The van der Waals surface area contributed by atoms with Gasteiger partial charge in [-0.05, 0) is 149 Å². The fraction of sp³-hybridized carbons (Fsp3) is 0.600. The quantitative estimate of drug-likeness (QED) is 0.0475. The molecule has 0 radical (unpaired) electrons. The monoisotopic (exact) mass is 1700 g/mol. The molecule has 0 aliphatic heterocycles. The highest BCUT2D eigenvalue weighted by molar-refractivity contribution is 9.11. The van der Waals surface area contributed by atoms with E-state index in [-0.39, 0.29) is 42.4 Å². The molecule has 8 N–H and O–H groups in total. The van der Waals surface area contributed by atoms with Crippen LogP contribution >= 0.6 is 63.7 Å². The minimum Gasteiger partial charge on any atom is -0.408 e. The Bertz CT molecular complexity index is 3170. The Morgan fingerprint density at radius 3 is 0.554 bits per heavy atom. The van der Waals surface area contributed by atoms with Crippen LogP contribution in [0.15, 0.2) is 90.7 Å². The van der Waals surface area contributed by atoms with Gasteiger partial charge in [-0.1, -0.05) is 171 Å². The topological polar surface area (TPSA) is 278 Å². The number of hydrogen-bond acceptors (Lipinski definition) is 12. The third-order valence-electron chi connectivity index (χ3n) is 17.8. The first-order valence-electron chi connectivity index (χ1n) is 29.2. The van der Waals surface area contributed by atoms with Gasteiger partial charge in [-0.25, -0.2) is 71.8 Å². The summed E-state index contributed by atoms with van der Waals surface area (Å²) < 4.78 is 179. The first-order valence-corrected chi connectivity index (χ1v) is 50.5. The summed E-state index contributed by atoms with van der Waals surface area (Å²) in [5.74, 6) is -2.06.